The first-order chi connectivity index (χ1) is 20.5. The minimum atomic E-state index is -0.378. The highest BCUT2D eigenvalue weighted by molar-refractivity contribution is 8.00. The molecule has 0 aliphatic carbocycles. The molecule has 0 saturated carbocycles. The fourth-order valence-corrected chi connectivity index (χ4v) is 5.48. The van der Waals surface area contributed by atoms with Crippen molar-refractivity contribution in [2.24, 2.45) is 0 Å². The Morgan fingerprint density at radius 2 is 1.60 bits per heavy atom. The van der Waals surface area contributed by atoms with E-state index in [-0.39, 0.29) is 23.1 Å². The first-order valence-corrected chi connectivity index (χ1v) is 14.4. The summed E-state index contributed by atoms with van der Waals surface area (Å²) in [4.78, 5) is 31.1. The molecule has 5 aromatic rings. The van der Waals surface area contributed by atoms with E-state index in [9.17, 15) is 14.9 Å². The maximum Gasteiger partial charge on any atom is 0.258 e. The van der Waals surface area contributed by atoms with E-state index in [1.165, 1.54) is 0 Å². The highest BCUT2D eigenvalue weighted by Gasteiger charge is 2.25. The van der Waals surface area contributed by atoms with Crippen LogP contribution in [-0.4, -0.2) is 29.2 Å². The highest BCUT2D eigenvalue weighted by atomic mass is 32.2. The van der Waals surface area contributed by atoms with Gasteiger partial charge in [0.15, 0.2) is 0 Å². The first kappa shape index (κ1) is 28.4. The SMILES string of the molecule is CCOc1ccc(-c2c(C#N)c(SCC(=O)Nc3ccc4ccccc4c3)nc(C)c2C(=O)Nc2ccccc2)cc1. The molecule has 1 aromatic heterocycles. The van der Waals surface area contributed by atoms with Gasteiger partial charge in [0.1, 0.15) is 16.8 Å². The number of aromatic nitrogens is 1. The molecule has 0 bridgehead atoms. The van der Waals surface area contributed by atoms with Gasteiger partial charge < -0.3 is 15.4 Å². The molecule has 0 saturated heterocycles. The van der Waals surface area contributed by atoms with E-state index in [0.717, 1.165) is 22.5 Å². The Balaban J connectivity index is 1.46. The quantitative estimate of drug-likeness (QED) is 0.178. The van der Waals surface area contributed by atoms with Crippen molar-refractivity contribution in [2.45, 2.75) is 18.9 Å². The van der Waals surface area contributed by atoms with Crippen LogP contribution >= 0.6 is 11.8 Å². The molecule has 0 radical (unpaired) electrons. The molecule has 2 amide bonds. The smallest absolute Gasteiger partial charge is 0.258 e. The zero-order chi connectivity index (χ0) is 29.5. The number of anilines is 2. The number of rotatable bonds is 9. The van der Waals surface area contributed by atoms with Gasteiger partial charge in [-0.25, -0.2) is 4.98 Å². The van der Waals surface area contributed by atoms with Crippen LogP contribution in [0.5, 0.6) is 5.75 Å². The lowest BCUT2D eigenvalue weighted by atomic mass is 9.94. The molecule has 0 atom stereocenters. The van der Waals surface area contributed by atoms with Gasteiger partial charge in [-0.3, -0.25) is 9.59 Å². The second kappa shape index (κ2) is 13.0. The van der Waals surface area contributed by atoms with Crippen molar-refractivity contribution in [2.75, 3.05) is 23.0 Å². The minimum Gasteiger partial charge on any atom is -0.494 e. The van der Waals surface area contributed by atoms with Crippen LogP contribution in [-0.2, 0) is 4.79 Å². The van der Waals surface area contributed by atoms with Crippen LogP contribution in [0.3, 0.4) is 0 Å². The number of nitrogens with one attached hydrogen (secondary N) is 2. The number of hydrogen-bond donors (Lipinski definition) is 2. The average Bonchev–Trinajstić information content (AvgIpc) is 3.00. The summed E-state index contributed by atoms with van der Waals surface area (Å²) in [6.07, 6.45) is 0. The largest absolute Gasteiger partial charge is 0.494 e. The summed E-state index contributed by atoms with van der Waals surface area (Å²) in [6.45, 7) is 4.15. The van der Waals surface area contributed by atoms with E-state index in [1.807, 2.05) is 79.7 Å². The van der Waals surface area contributed by atoms with Crippen LogP contribution in [0.2, 0.25) is 0 Å². The number of fused-ring (bicyclic) bond motifs is 1. The van der Waals surface area contributed by atoms with Crippen LogP contribution in [0.15, 0.2) is 102 Å². The third kappa shape index (κ3) is 6.43. The predicted octanol–water partition coefficient (Wildman–Crippen LogP) is 7.46. The second-order valence-corrected chi connectivity index (χ2v) is 10.4. The molecule has 208 valence electrons. The molecule has 8 heteroatoms. The van der Waals surface area contributed by atoms with E-state index in [2.05, 4.69) is 21.7 Å². The van der Waals surface area contributed by atoms with Gasteiger partial charge in [-0.05, 0) is 66.6 Å². The minimum absolute atomic E-state index is 0.0340. The molecular weight excluding hydrogens is 544 g/mol. The molecule has 1 heterocycles. The number of ether oxygens (including phenoxy) is 1. The fourth-order valence-electron chi connectivity index (χ4n) is 4.65. The van der Waals surface area contributed by atoms with E-state index < -0.39 is 0 Å². The number of benzene rings is 4. The Morgan fingerprint density at radius 1 is 0.881 bits per heavy atom. The zero-order valence-corrected chi connectivity index (χ0v) is 24.0. The standard InChI is InChI=1S/C34H28N4O3S/c1-3-41-28-17-14-24(15-18-28)32-29(20-35)34(36-22(2)31(32)33(40)38-26-11-5-4-6-12-26)42-21-30(39)37-27-16-13-23-9-7-8-10-25(23)19-27/h4-19H,3,21H2,1-2H3,(H,37,39)(H,38,40). The number of nitriles is 1. The summed E-state index contributed by atoms with van der Waals surface area (Å²) in [5, 5.41) is 18.7. The van der Waals surface area contributed by atoms with E-state index in [4.69, 9.17) is 4.74 Å². The molecule has 0 unspecified atom stereocenters. The van der Waals surface area contributed by atoms with E-state index in [0.29, 0.717) is 51.1 Å². The predicted molar refractivity (Wildman–Crippen MR) is 168 cm³/mol. The summed E-state index contributed by atoms with van der Waals surface area (Å²) in [5.74, 6) is 0.108. The summed E-state index contributed by atoms with van der Waals surface area (Å²) in [7, 11) is 0. The topological polar surface area (TPSA) is 104 Å². The Morgan fingerprint density at radius 3 is 2.31 bits per heavy atom. The van der Waals surface area contributed by atoms with Crippen molar-refractivity contribution in [1.82, 2.24) is 4.98 Å². The lowest BCUT2D eigenvalue weighted by molar-refractivity contribution is -0.113. The van der Waals surface area contributed by atoms with Crippen molar-refractivity contribution in [3.63, 3.8) is 0 Å². The van der Waals surface area contributed by atoms with Gasteiger partial charge in [-0.15, -0.1) is 0 Å². The van der Waals surface area contributed by atoms with Gasteiger partial charge in [0.2, 0.25) is 5.91 Å². The fraction of sp³-hybridized carbons (Fsp3) is 0.118. The monoisotopic (exact) mass is 572 g/mol. The van der Waals surface area contributed by atoms with Gasteiger partial charge in [-0.1, -0.05) is 72.4 Å². The van der Waals surface area contributed by atoms with Crippen LogP contribution in [0.4, 0.5) is 11.4 Å². The van der Waals surface area contributed by atoms with Gasteiger partial charge in [0.25, 0.3) is 5.91 Å². The van der Waals surface area contributed by atoms with Gasteiger partial charge in [0, 0.05) is 16.9 Å². The molecule has 0 fully saturated rings. The zero-order valence-electron chi connectivity index (χ0n) is 23.2. The third-order valence-electron chi connectivity index (χ3n) is 6.54. The van der Waals surface area contributed by atoms with Crippen molar-refractivity contribution in [3.8, 4) is 22.9 Å². The van der Waals surface area contributed by atoms with Crippen LogP contribution in [0.1, 0.15) is 28.5 Å². The Kier molecular flexibility index (Phi) is 8.81. The molecule has 42 heavy (non-hydrogen) atoms. The molecule has 4 aromatic carbocycles. The van der Waals surface area contributed by atoms with Gasteiger partial charge in [0.05, 0.1) is 29.2 Å². The average molecular weight is 573 g/mol. The van der Waals surface area contributed by atoms with Crippen molar-refractivity contribution in [1.29, 1.82) is 5.26 Å². The molecule has 0 aliphatic rings. The summed E-state index contributed by atoms with van der Waals surface area (Å²) >= 11 is 1.16. The number of carbonyl (C=O) groups excluding carboxylic acids is 2. The second-order valence-electron chi connectivity index (χ2n) is 9.42. The summed E-state index contributed by atoms with van der Waals surface area (Å²) < 4.78 is 5.59. The van der Waals surface area contributed by atoms with Crippen molar-refractivity contribution in [3.05, 3.63) is 114 Å². The number of hydrogen-bond acceptors (Lipinski definition) is 6. The van der Waals surface area contributed by atoms with Crippen LogP contribution in [0.25, 0.3) is 21.9 Å². The number of carbonyl (C=O) groups is 2. The van der Waals surface area contributed by atoms with Crippen molar-refractivity contribution < 1.29 is 14.3 Å². The summed E-state index contributed by atoms with van der Waals surface area (Å²) in [5.41, 5.74) is 3.41. The highest BCUT2D eigenvalue weighted by Crippen LogP contribution is 2.36. The maximum absolute atomic E-state index is 13.6. The van der Waals surface area contributed by atoms with Gasteiger partial charge in [-0.2, -0.15) is 5.26 Å². The molecule has 0 aliphatic heterocycles. The molecule has 2 N–H and O–H groups in total. The Hall–Kier alpha value is -5.13. The normalized spacial score (nSPS) is 10.6. The number of para-hydroxylation sites is 1. The number of nitrogens with zero attached hydrogens (tertiary/aromatic N) is 2. The van der Waals surface area contributed by atoms with E-state index in [1.54, 1.807) is 31.2 Å². The van der Waals surface area contributed by atoms with Crippen molar-refractivity contribution >= 4 is 45.7 Å². The maximum atomic E-state index is 13.6. The van der Waals surface area contributed by atoms with Crippen LogP contribution in [0, 0.1) is 18.3 Å². The third-order valence-corrected chi connectivity index (χ3v) is 7.52. The Bertz CT molecular complexity index is 1800. The lowest BCUT2D eigenvalue weighted by Crippen LogP contribution is -2.18. The number of pyridine rings is 1. The first-order valence-electron chi connectivity index (χ1n) is 13.4. The number of aryl methyl sites for hydroxylation is 1. The van der Waals surface area contributed by atoms with E-state index >= 15 is 0 Å². The molecule has 5 rings (SSSR count). The molecule has 7 nitrogen and oxygen atoms in total. The number of thioether (sulfide) groups is 1. The number of amides is 2. The summed E-state index contributed by atoms with van der Waals surface area (Å²) in [6, 6.07) is 32.3. The molecular formula is C34H28N4O3S. The van der Waals surface area contributed by atoms with Gasteiger partial charge >= 0.3 is 0 Å². The Labute approximate surface area is 248 Å². The van der Waals surface area contributed by atoms with Crippen LogP contribution < -0.4 is 15.4 Å². The molecule has 0 spiro atoms. The lowest BCUT2D eigenvalue weighted by Gasteiger charge is -2.17.